The predicted octanol–water partition coefficient (Wildman–Crippen LogP) is 2.49. The average molecular weight is 341 g/mol. The fraction of sp³-hybridized carbons (Fsp3) is 0.111. The Hall–Kier alpha value is -3.35. The van der Waals surface area contributed by atoms with E-state index in [1.807, 2.05) is 0 Å². The second kappa shape index (κ2) is 6.64. The Morgan fingerprint density at radius 2 is 1.88 bits per heavy atom. The molecule has 0 fully saturated rings. The molecule has 7 heteroatoms. The first kappa shape index (κ1) is 16.5. The summed E-state index contributed by atoms with van der Waals surface area (Å²) in [5, 5.41) is 26.3. The van der Waals surface area contributed by atoms with Gasteiger partial charge in [-0.25, -0.2) is 4.39 Å². The van der Waals surface area contributed by atoms with Crippen LogP contribution in [0.3, 0.4) is 0 Å². The van der Waals surface area contributed by atoms with Crippen LogP contribution in [0.25, 0.3) is 0 Å². The van der Waals surface area contributed by atoms with Crippen LogP contribution in [0.1, 0.15) is 27.5 Å². The minimum atomic E-state index is -0.594. The summed E-state index contributed by atoms with van der Waals surface area (Å²) in [7, 11) is 1.74. The Bertz CT molecular complexity index is 906. The van der Waals surface area contributed by atoms with E-state index in [2.05, 4.69) is 10.4 Å². The van der Waals surface area contributed by atoms with Crippen molar-refractivity contribution in [1.29, 1.82) is 0 Å². The smallest absolute Gasteiger partial charge is 0.255 e. The lowest BCUT2D eigenvalue weighted by molar-refractivity contribution is 0.0939. The first-order valence-corrected chi connectivity index (χ1v) is 7.51. The zero-order valence-corrected chi connectivity index (χ0v) is 13.3. The lowest BCUT2D eigenvalue weighted by Gasteiger charge is -2.18. The summed E-state index contributed by atoms with van der Waals surface area (Å²) >= 11 is 0. The van der Waals surface area contributed by atoms with Crippen molar-refractivity contribution in [3.05, 3.63) is 77.4 Å². The van der Waals surface area contributed by atoms with Crippen molar-refractivity contribution in [2.24, 2.45) is 7.05 Å². The standard InChI is InChI=1S/C18H16FN3O3/c1-22-10-12(9-20-22)16(11-5-7-13(19)8-6-11)21-18(25)14-3-2-4-15(23)17(14)24/h2-10,16,23-24H,1H3,(H,21,25)/t16-/m0/s1. The number of aryl methyl sites for hydroxylation is 1. The van der Waals surface area contributed by atoms with E-state index in [-0.39, 0.29) is 17.1 Å². The van der Waals surface area contributed by atoms with Gasteiger partial charge in [0.15, 0.2) is 11.5 Å². The molecule has 6 nitrogen and oxygen atoms in total. The van der Waals surface area contributed by atoms with Crippen molar-refractivity contribution in [2.75, 3.05) is 0 Å². The molecule has 0 saturated heterocycles. The zero-order chi connectivity index (χ0) is 18.0. The molecule has 3 N–H and O–H groups in total. The quantitative estimate of drug-likeness (QED) is 0.636. The van der Waals surface area contributed by atoms with E-state index >= 15 is 0 Å². The fourth-order valence-electron chi connectivity index (χ4n) is 2.53. The Balaban J connectivity index is 1.96. The van der Waals surface area contributed by atoms with Gasteiger partial charge in [0, 0.05) is 18.8 Å². The van der Waals surface area contributed by atoms with Crippen LogP contribution in [0.5, 0.6) is 11.5 Å². The number of hydrogen-bond acceptors (Lipinski definition) is 4. The molecule has 3 aromatic rings. The van der Waals surface area contributed by atoms with E-state index in [1.165, 1.54) is 30.3 Å². The van der Waals surface area contributed by atoms with Crippen LogP contribution < -0.4 is 5.32 Å². The molecule has 0 radical (unpaired) electrons. The number of amides is 1. The Morgan fingerprint density at radius 3 is 2.52 bits per heavy atom. The first-order valence-electron chi connectivity index (χ1n) is 7.51. The Labute approximate surface area is 143 Å². The third-order valence-electron chi connectivity index (χ3n) is 3.80. The summed E-state index contributed by atoms with van der Waals surface area (Å²) in [4.78, 5) is 12.6. The molecular formula is C18H16FN3O3. The van der Waals surface area contributed by atoms with E-state index in [4.69, 9.17) is 0 Å². The number of nitrogens with zero attached hydrogens (tertiary/aromatic N) is 2. The van der Waals surface area contributed by atoms with Crippen LogP contribution in [0.2, 0.25) is 0 Å². The van der Waals surface area contributed by atoms with Gasteiger partial charge in [0.1, 0.15) is 5.82 Å². The number of halogens is 1. The molecule has 1 amide bonds. The van der Waals surface area contributed by atoms with Gasteiger partial charge in [-0.1, -0.05) is 18.2 Å². The number of rotatable bonds is 4. The maximum Gasteiger partial charge on any atom is 0.255 e. The Kier molecular flexibility index (Phi) is 4.38. The number of aromatic hydroxyl groups is 2. The highest BCUT2D eigenvalue weighted by molar-refractivity contribution is 5.98. The summed E-state index contributed by atoms with van der Waals surface area (Å²) in [5.41, 5.74) is 1.29. The molecule has 0 aliphatic carbocycles. The summed E-state index contributed by atoms with van der Waals surface area (Å²) in [5.74, 6) is -1.84. The number of carbonyl (C=O) groups is 1. The number of phenols is 2. The van der Waals surface area contributed by atoms with Crippen molar-refractivity contribution in [2.45, 2.75) is 6.04 Å². The number of benzene rings is 2. The van der Waals surface area contributed by atoms with Gasteiger partial charge in [0.2, 0.25) is 0 Å². The maximum absolute atomic E-state index is 13.2. The van der Waals surface area contributed by atoms with Gasteiger partial charge in [0.25, 0.3) is 5.91 Å². The summed E-state index contributed by atoms with van der Waals surface area (Å²) in [6.07, 6.45) is 3.33. The molecule has 2 aromatic carbocycles. The molecular weight excluding hydrogens is 325 g/mol. The van der Waals surface area contributed by atoms with Gasteiger partial charge in [-0.2, -0.15) is 5.10 Å². The minimum Gasteiger partial charge on any atom is -0.504 e. The van der Waals surface area contributed by atoms with Crippen LogP contribution in [-0.2, 0) is 7.05 Å². The van der Waals surface area contributed by atoms with Crippen molar-refractivity contribution >= 4 is 5.91 Å². The first-order chi connectivity index (χ1) is 12.0. The Morgan fingerprint density at radius 1 is 1.16 bits per heavy atom. The van der Waals surface area contributed by atoms with E-state index < -0.39 is 17.7 Å². The zero-order valence-electron chi connectivity index (χ0n) is 13.3. The lowest BCUT2D eigenvalue weighted by Crippen LogP contribution is -2.29. The van der Waals surface area contributed by atoms with Crippen molar-refractivity contribution in [1.82, 2.24) is 15.1 Å². The van der Waals surface area contributed by atoms with E-state index in [0.717, 1.165) is 0 Å². The van der Waals surface area contributed by atoms with Crippen molar-refractivity contribution in [3.63, 3.8) is 0 Å². The maximum atomic E-state index is 13.2. The summed E-state index contributed by atoms with van der Waals surface area (Å²) in [6, 6.07) is 9.28. The minimum absolute atomic E-state index is 0.0593. The molecule has 0 spiro atoms. The molecule has 0 aliphatic rings. The fourth-order valence-corrected chi connectivity index (χ4v) is 2.53. The number of para-hydroxylation sites is 1. The molecule has 1 atom stereocenters. The summed E-state index contributed by atoms with van der Waals surface area (Å²) < 4.78 is 14.8. The van der Waals surface area contributed by atoms with Crippen molar-refractivity contribution < 1.29 is 19.4 Å². The molecule has 1 heterocycles. The van der Waals surface area contributed by atoms with E-state index in [9.17, 15) is 19.4 Å². The molecule has 128 valence electrons. The molecule has 0 unspecified atom stereocenters. The van der Waals surface area contributed by atoms with Gasteiger partial charge in [-0.3, -0.25) is 9.48 Å². The molecule has 3 rings (SSSR count). The van der Waals surface area contributed by atoms with E-state index in [0.29, 0.717) is 11.1 Å². The highest BCUT2D eigenvalue weighted by Gasteiger charge is 2.22. The number of carbonyl (C=O) groups excluding carboxylic acids is 1. The second-order valence-electron chi connectivity index (χ2n) is 5.58. The van der Waals surface area contributed by atoms with Crippen LogP contribution in [0, 0.1) is 5.82 Å². The molecule has 0 aliphatic heterocycles. The van der Waals surface area contributed by atoms with Gasteiger partial charge < -0.3 is 15.5 Å². The summed E-state index contributed by atoms with van der Waals surface area (Å²) in [6.45, 7) is 0. The van der Waals surface area contributed by atoms with Gasteiger partial charge in [0.05, 0.1) is 17.8 Å². The molecule has 0 bridgehead atoms. The van der Waals surface area contributed by atoms with Gasteiger partial charge >= 0.3 is 0 Å². The number of hydrogen-bond donors (Lipinski definition) is 3. The van der Waals surface area contributed by atoms with Crippen LogP contribution >= 0.6 is 0 Å². The highest BCUT2D eigenvalue weighted by atomic mass is 19.1. The third-order valence-corrected chi connectivity index (χ3v) is 3.80. The van der Waals surface area contributed by atoms with Crippen molar-refractivity contribution in [3.8, 4) is 11.5 Å². The highest BCUT2D eigenvalue weighted by Crippen LogP contribution is 2.29. The number of aromatic nitrogens is 2. The van der Waals surface area contributed by atoms with Crippen LogP contribution in [-0.4, -0.2) is 25.9 Å². The van der Waals surface area contributed by atoms with Crippen LogP contribution in [0.15, 0.2) is 54.9 Å². The van der Waals surface area contributed by atoms with Gasteiger partial charge in [-0.05, 0) is 29.8 Å². The van der Waals surface area contributed by atoms with E-state index in [1.54, 1.807) is 36.3 Å². The molecule has 0 saturated carbocycles. The second-order valence-corrected chi connectivity index (χ2v) is 5.58. The SMILES string of the molecule is Cn1cc([C@@H](NC(=O)c2cccc(O)c2O)c2ccc(F)cc2)cn1. The topological polar surface area (TPSA) is 87.4 Å². The molecule has 1 aromatic heterocycles. The largest absolute Gasteiger partial charge is 0.504 e. The lowest BCUT2D eigenvalue weighted by atomic mass is 10.0. The normalized spacial score (nSPS) is 11.9. The third kappa shape index (κ3) is 3.45. The number of phenolic OH excluding ortho intramolecular Hbond substituents is 2. The predicted molar refractivity (Wildman–Crippen MR) is 88.7 cm³/mol. The van der Waals surface area contributed by atoms with Gasteiger partial charge in [-0.15, -0.1) is 0 Å². The number of nitrogens with one attached hydrogen (secondary N) is 1. The monoisotopic (exact) mass is 341 g/mol. The molecule has 25 heavy (non-hydrogen) atoms. The van der Waals surface area contributed by atoms with Crippen LogP contribution in [0.4, 0.5) is 4.39 Å². The average Bonchev–Trinajstić information content (AvgIpc) is 3.02.